The summed E-state index contributed by atoms with van der Waals surface area (Å²) in [6, 6.07) is 8.20. The van der Waals surface area contributed by atoms with Crippen molar-refractivity contribution in [2.75, 3.05) is 34.0 Å². The zero-order valence-corrected chi connectivity index (χ0v) is 12.3. The predicted molar refractivity (Wildman–Crippen MR) is 76.7 cm³/mol. The van der Waals surface area contributed by atoms with Crippen molar-refractivity contribution in [3.8, 4) is 5.75 Å². The van der Waals surface area contributed by atoms with Crippen LogP contribution < -0.4 is 10.1 Å². The molecule has 0 aromatic heterocycles. The van der Waals surface area contributed by atoms with Crippen LogP contribution in [0.1, 0.15) is 25.5 Å². The standard InChI is InChI=1S/C15H25NO3/c1-5-18-10-12(2)19-11-15(16-3)13-6-8-14(17-4)9-7-13/h6-9,12,15-16H,5,10-11H2,1-4H3. The Labute approximate surface area is 116 Å². The molecule has 0 saturated carbocycles. The van der Waals surface area contributed by atoms with Crippen molar-refractivity contribution in [1.82, 2.24) is 5.32 Å². The van der Waals surface area contributed by atoms with Crippen LogP contribution in [0.5, 0.6) is 5.75 Å². The first-order chi connectivity index (χ1) is 9.21. The van der Waals surface area contributed by atoms with Crippen LogP contribution in [0.3, 0.4) is 0 Å². The van der Waals surface area contributed by atoms with E-state index in [0.717, 1.165) is 12.4 Å². The van der Waals surface area contributed by atoms with Crippen molar-refractivity contribution in [2.24, 2.45) is 0 Å². The molecule has 0 amide bonds. The van der Waals surface area contributed by atoms with Gasteiger partial charge in [0, 0.05) is 6.61 Å². The van der Waals surface area contributed by atoms with Crippen molar-refractivity contribution in [3.63, 3.8) is 0 Å². The number of rotatable bonds is 9. The Morgan fingerprint density at radius 1 is 1.16 bits per heavy atom. The average Bonchev–Trinajstić information content (AvgIpc) is 2.46. The fraction of sp³-hybridized carbons (Fsp3) is 0.600. The van der Waals surface area contributed by atoms with Crippen LogP contribution in [0.25, 0.3) is 0 Å². The highest BCUT2D eigenvalue weighted by molar-refractivity contribution is 5.29. The molecule has 0 bridgehead atoms. The smallest absolute Gasteiger partial charge is 0.118 e. The van der Waals surface area contributed by atoms with Gasteiger partial charge in [0.2, 0.25) is 0 Å². The molecule has 1 rings (SSSR count). The zero-order chi connectivity index (χ0) is 14.1. The van der Waals surface area contributed by atoms with Gasteiger partial charge in [-0.3, -0.25) is 0 Å². The summed E-state index contributed by atoms with van der Waals surface area (Å²) >= 11 is 0. The number of hydrogen-bond acceptors (Lipinski definition) is 4. The summed E-state index contributed by atoms with van der Waals surface area (Å²) < 4.78 is 16.3. The van der Waals surface area contributed by atoms with E-state index < -0.39 is 0 Å². The molecule has 2 atom stereocenters. The molecular weight excluding hydrogens is 242 g/mol. The van der Waals surface area contributed by atoms with Crippen molar-refractivity contribution in [1.29, 1.82) is 0 Å². The van der Waals surface area contributed by atoms with Gasteiger partial charge in [0.1, 0.15) is 5.75 Å². The second-order valence-corrected chi connectivity index (χ2v) is 4.42. The van der Waals surface area contributed by atoms with Crippen LogP contribution in [0.4, 0.5) is 0 Å². The van der Waals surface area contributed by atoms with Crippen molar-refractivity contribution < 1.29 is 14.2 Å². The van der Waals surface area contributed by atoms with Gasteiger partial charge in [-0.1, -0.05) is 12.1 Å². The third-order valence-electron chi connectivity index (χ3n) is 2.97. The van der Waals surface area contributed by atoms with Gasteiger partial charge in [-0.05, 0) is 38.6 Å². The molecule has 0 fully saturated rings. The lowest BCUT2D eigenvalue weighted by atomic mass is 10.1. The fourth-order valence-corrected chi connectivity index (χ4v) is 1.77. The Morgan fingerprint density at radius 3 is 2.37 bits per heavy atom. The number of nitrogens with one attached hydrogen (secondary N) is 1. The first kappa shape index (κ1) is 16.0. The van der Waals surface area contributed by atoms with Crippen LogP contribution in [0.2, 0.25) is 0 Å². The van der Waals surface area contributed by atoms with Gasteiger partial charge in [-0.2, -0.15) is 0 Å². The fourth-order valence-electron chi connectivity index (χ4n) is 1.77. The Balaban J connectivity index is 2.47. The van der Waals surface area contributed by atoms with Crippen LogP contribution >= 0.6 is 0 Å². The third-order valence-corrected chi connectivity index (χ3v) is 2.97. The molecule has 0 radical (unpaired) electrons. The van der Waals surface area contributed by atoms with Gasteiger partial charge < -0.3 is 19.5 Å². The maximum Gasteiger partial charge on any atom is 0.118 e. The number of benzene rings is 1. The van der Waals surface area contributed by atoms with Gasteiger partial charge in [-0.15, -0.1) is 0 Å². The highest BCUT2D eigenvalue weighted by atomic mass is 16.5. The second kappa shape index (κ2) is 8.91. The molecule has 0 aliphatic rings. The SMILES string of the molecule is CCOCC(C)OCC(NC)c1ccc(OC)cc1. The quantitative estimate of drug-likeness (QED) is 0.746. The Morgan fingerprint density at radius 2 is 1.84 bits per heavy atom. The Hall–Kier alpha value is -1.10. The maximum absolute atomic E-state index is 5.79. The summed E-state index contributed by atoms with van der Waals surface area (Å²) in [4.78, 5) is 0. The van der Waals surface area contributed by atoms with Gasteiger partial charge in [0.25, 0.3) is 0 Å². The van der Waals surface area contributed by atoms with Crippen LogP contribution in [-0.2, 0) is 9.47 Å². The van der Waals surface area contributed by atoms with Crippen molar-refractivity contribution in [3.05, 3.63) is 29.8 Å². The van der Waals surface area contributed by atoms with Gasteiger partial charge in [0.15, 0.2) is 0 Å². The molecule has 0 aliphatic heterocycles. The van der Waals surface area contributed by atoms with E-state index in [0.29, 0.717) is 13.2 Å². The van der Waals surface area contributed by atoms with Crippen molar-refractivity contribution in [2.45, 2.75) is 26.0 Å². The first-order valence-corrected chi connectivity index (χ1v) is 6.71. The average molecular weight is 267 g/mol. The topological polar surface area (TPSA) is 39.7 Å². The highest BCUT2D eigenvalue weighted by Gasteiger charge is 2.11. The molecule has 4 nitrogen and oxygen atoms in total. The molecule has 1 aromatic carbocycles. The van der Waals surface area contributed by atoms with E-state index in [2.05, 4.69) is 17.4 Å². The third kappa shape index (κ3) is 5.59. The van der Waals surface area contributed by atoms with Crippen LogP contribution in [0.15, 0.2) is 24.3 Å². The van der Waals surface area contributed by atoms with E-state index in [9.17, 15) is 0 Å². The first-order valence-electron chi connectivity index (χ1n) is 6.71. The molecule has 1 aromatic rings. The lowest BCUT2D eigenvalue weighted by molar-refractivity contribution is -0.0110. The van der Waals surface area contributed by atoms with Gasteiger partial charge in [-0.25, -0.2) is 0 Å². The molecular formula is C15H25NO3. The lowest BCUT2D eigenvalue weighted by Gasteiger charge is -2.20. The molecule has 108 valence electrons. The number of likely N-dealkylation sites (N-methyl/N-ethyl adjacent to an activating group) is 1. The summed E-state index contributed by atoms with van der Waals surface area (Å²) in [7, 11) is 3.61. The van der Waals surface area contributed by atoms with E-state index in [1.165, 1.54) is 5.56 Å². The second-order valence-electron chi connectivity index (χ2n) is 4.42. The van der Waals surface area contributed by atoms with E-state index >= 15 is 0 Å². The Kier molecular flexibility index (Phi) is 7.48. The maximum atomic E-state index is 5.79. The minimum absolute atomic E-state index is 0.106. The molecule has 0 saturated heterocycles. The molecule has 2 unspecified atom stereocenters. The number of hydrogen-bond donors (Lipinski definition) is 1. The Bertz CT molecular complexity index is 340. The summed E-state index contributed by atoms with van der Waals surface area (Å²) in [5.74, 6) is 0.865. The lowest BCUT2D eigenvalue weighted by Crippen LogP contribution is -2.26. The number of methoxy groups -OCH3 is 1. The van der Waals surface area contributed by atoms with E-state index in [1.54, 1.807) is 7.11 Å². The van der Waals surface area contributed by atoms with Crippen LogP contribution in [-0.4, -0.2) is 40.1 Å². The van der Waals surface area contributed by atoms with Gasteiger partial charge >= 0.3 is 0 Å². The summed E-state index contributed by atoms with van der Waals surface area (Å²) in [6.07, 6.45) is 0.106. The van der Waals surface area contributed by atoms with Crippen LogP contribution in [0, 0.1) is 0 Å². The zero-order valence-electron chi connectivity index (χ0n) is 12.3. The summed E-state index contributed by atoms with van der Waals surface area (Å²) in [5, 5.41) is 3.26. The minimum Gasteiger partial charge on any atom is -0.497 e. The van der Waals surface area contributed by atoms with E-state index in [1.807, 2.05) is 33.0 Å². The van der Waals surface area contributed by atoms with Crippen molar-refractivity contribution >= 4 is 0 Å². The minimum atomic E-state index is 0.106. The molecule has 0 heterocycles. The summed E-state index contributed by atoms with van der Waals surface area (Å²) in [6.45, 7) is 5.99. The normalized spacial score (nSPS) is 14.1. The molecule has 19 heavy (non-hydrogen) atoms. The molecule has 0 spiro atoms. The molecule has 4 heteroatoms. The van der Waals surface area contributed by atoms with Gasteiger partial charge in [0.05, 0.1) is 32.5 Å². The highest BCUT2D eigenvalue weighted by Crippen LogP contribution is 2.18. The number of ether oxygens (including phenoxy) is 3. The largest absolute Gasteiger partial charge is 0.497 e. The van der Waals surface area contributed by atoms with E-state index in [4.69, 9.17) is 14.2 Å². The molecule has 0 aliphatic carbocycles. The summed E-state index contributed by atoms with van der Waals surface area (Å²) in [5.41, 5.74) is 1.19. The monoisotopic (exact) mass is 267 g/mol. The molecule has 1 N–H and O–H groups in total. The predicted octanol–water partition coefficient (Wildman–Crippen LogP) is 2.40. The van der Waals surface area contributed by atoms with E-state index in [-0.39, 0.29) is 12.1 Å².